The first-order valence-corrected chi connectivity index (χ1v) is 6.22. The van der Waals surface area contributed by atoms with E-state index >= 15 is 0 Å². The third-order valence-corrected chi connectivity index (χ3v) is 3.72. The van der Waals surface area contributed by atoms with Gasteiger partial charge in [-0.2, -0.15) is 0 Å². The Morgan fingerprint density at radius 1 is 1.47 bits per heavy atom. The summed E-state index contributed by atoms with van der Waals surface area (Å²) in [6, 6.07) is 0. The van der Waals surface area contributed by atoms with Crippen molar-refractivity contribution in [3.05, 3.63) is 0 Å². The molecule has 0 unspecified atom stereocenters. The summed E-state index contributed by atoms with van der Waals surface area (Å²) in [7, 11) is 1.78. The lowest BCUT2D eigenvalue weighted by molar-refractivity contribution is 0.0392. The van der Waals surface area contributed by atoms with Crippen molar-refractivity contribution < 1.29 is 9.94 Å². The number of hydrogen-bond acceptors (Lipinski definition) is 4. The lowest BCUT2D eigenvalue weighted by atomic mass is 9.87. The van der Waals surface area contributed by atoms with E-state index in [1.54, 1.807) is 7.11 Å². The number of methoxy groups -OCH3 is 1. The van der Waals surface area contributed by atoms with Crippen LogP contribution in [0, 0.1) is 5.41 Å². The summed E-state index contributed by atoms with van der Waals surface area (Å²) in [4.78, 5) is 2.42. The van der Waals surface area contributed by atoms with E-state index in [1.807, 2.05) is 13.8 Å². The Labute approximate surface area is 104 Å². The van der Waals surface area contributed by atoms with E-state index in [-0.39, 0.29) is 5.41 Å². The fourth-order valence-corrected chi connectivity index (χ4v) is 2.07. The largest absolute Gasteiger partial charge is 0.409 e. The Bertz CT molecular complexity index is 258. The number of oxime groups is 1. The number of nitrogens with zero attached hydrogens (tertiary/aromatic N) is 2. The monoisotopic (exact) mass is 243 g/mol. The first-order valence-electron chi connectivity index (χ1n) is 6.22. The molecule has 1 rings (SSSR count). The van der Waals surface area contributed by atoms with Crippen molar-refractivity contribution in [1.29, 1.82) is 0 Å². The van der Waals surface area contributed by atoms with E-state index in [0.29, 0.717) is 11.9 Å². The minimum atomic E-state index is -0.243. The minimum absolute atomic E-state index is 0.243. The average Bonchev–Trinajstić information content (AvgIpc) is 2.36. The number of nitrogens with two attached hydrogens (primary N) is 1. The minimum Gasteiger partial charge on any atom is -0.409 e. The van der Waals surface area contributed by atoms with Crippen molar-refractivity contribution in [3.8, 4) is 0 Å². The maximum Gasteiger partial charge on any atom is 0.144 e. The Hall–Kier alpha value is -0.810. The predicted molar refractivity (Wildman–Crippen MR) is 68.3 cm³/mol. The zero-order valence-corrected chi connectivity index (χ0v) is 11.1. The number of rotatable bonds is 5. The predicted octanol–water partition coefficient (Wildman–Crippen LogP) is 1.26. The number of likely N-dealkylation sites (tertiary alicyclic amines) is 1. The SMILES string of the molecule is COC1CCN(CCC(C)(C)C(N)=NO)CC1. The van der Waals surface area contributed by atoms with Gasteiger partial charge >= 0.3 is 0 Å². The second kappa shape index (κ2) is 6.21. The van der Waals surface area contributed by atoms with Crippen LogP contribution in [0.2, 0.25) is 0 Å². The molecule has 5 nitrogen and oxygen atoms in total. The standard InChI is InChI=1S/C12H25N3O2/c1-12(2,11(13)14-16)6-9-15-7-4-10(17-3)5-8-15/h10,16H,4-9H2,1-3H3,(H2,13,14). The smallest absolute Gasteiger partial charge is 0.144 e. The van der Waals surface area contributed by atoms with Crippen molar-refractivity contribution >= 4 is 5.84 Å². The molecular weight excluding hydrogens is 218 g/mol. The van der Waals surface area contributed by atoms with Crippen molar-refractivity contribution in [1.82, 2.24) is 4.90 Å². The molecule has 17 heavy (non-hydrogen) atoms. The van der Waals surface area contributed by atoms with Crippen LogP contribution in [-0.4, -0.2) is 48.8 Å². The van der Waals surface area contributed by atoms with Crippen LogP contribution in [-0.2, 0) is 4.74 Å². The number of hydrogen-bond donors (Lipinski definition) is 2. The Morgan fingerprint density at radius 2 is 2.06 bits per heavy atom. The molecule has 0 aliphatic carbocycles. The zero-order valence-electron chi connectivity index (χ0n) is 11.1. The van der Waals surface area contributed by atoms with Gasteiger partial charge in [-0.05, 0) is 25.8 Å². The van der Waals surface area contributed by atoms with Crippen LogP contribution in [0.25, 0.3) is 0 Å². The van der Waals surface area contributed by atoms with Gasteiger partial charge in [-0.3, -0.25) is 0 Å². The molecule has 0 spiro atoms. The summed E-state index contributed by atoms with van der Waals surface area (Å²) in [6.45, 7) is 7.14. The van der Waals surface area contributed by atoms with Gasteiger partial charge < -0.3 is 20.6 Å². The van der Waals surface area contributed by atoms with Gasteiger partial charge in [0.15, 0.2) is 0 Å². The van der Waals surface area contributed by atoms with E-state index in [1.165, 1.54) is 0 Å². The van der Waals surface area contributed by atoms with E-state index in [9.17, 15) is 0 Å². The summed E-state index contributed by atoms with van der Waals surface area (Å²) in [6.07, 6.45) is 3.52. The molecule has 0 bridgehead atoms. The summed E-state index contributed by atoms with van der Waals surface area (Å²) in [5, 5.41) is 11.8. The lowest BCUT2D eigenvalue weighted by Crippen LogP contribution is -2.40. The zero-order chi connectivity index (χ0) is 12.9. The molecule has 100 valence electrons. The Morgan fingerprint density at radius 3 is 2.53 bits per heavy atom. The summed E-state index contributed by atoms with van der Waals surface area (Å²) < 4.78 is 5.34. The molecule has 1 fully saturated rings. The van der Waals surface area contributed by atoms with E-state index < -0.39 is 0 Å². The van der Waals surface area contributed by atoms with Crippen LogP contribution < -0.4 is 5.73 Å². The second-order valence-corrected chi connectivity index (χ2v) is 5.40. The number of amidine groups is 1. The van der Waals surface area contributed by atoms with Crippen molar-refractivity contribution in [2.75, 3.05) is 26.7 Å². The van der Waals surface area contributed by atoms with Gasteiger partial charge in [-0.1, -0.05) is 19.0 Å². The van der Waals surface area contributed by atoms with E-state index in [0.717, 1.165) is 38.9 Å². The molecule has 0 radical (unpaired) electrons. The topological polar surface area (TPSA) is 71.1 Å². The van der Waals surface area contributed by atoms with E-state index in [4.69, 9.17) is 15.7 Å². The molecule has 0 aromatic carbocycles. The van der Waals surface area contributed by atoms with Crippen LogP contribution in [0.5, 0.6) is 0 Å². The fourth-order valence-electron chi connectivity index (χ4n) is 2.07. The van der Waals surface area contributed by atoms with Crippen LogP contribution in [0.1, 0.15) is 33.1 Å². The van der Waals surface area contributed by atoms with Gasteiger partial charge in [0.1, 0.15) is 5.84 Å². The maximum absolute atomic E-state index is 8.71. The third kappa shape index (κ3) is 4.16. The summed E-state index contributed by atoms with van der Waals surface area (Å²) in [5.41, 5.74) is 5.43. The molecule has 1 aliphatic heterocycles. The maximum atomic E-state index is 8.71. The molecule has 1 aliphatic rings. The highest BCUT2D eigenvalue weighted by atomic mass is 16.5. The highest BCUT2D eigenvalue weighted by Gasteiger charge is 2.26. The van der Waals surface area contributed by atoms with Crippen molar-refractivity contribution in [3.63, 3.8) is 0 Å². The quantitative estimate of drug-likeness (QED) is 0.330. The fraction of sp³-hybridized carbons (Fsp3) is 0.917. The molecule has 5 heteroatoms. The Kier molecular flexibility index (Phi) is 5.21. The van der Waals surface area contributed by atoms with Gasteiger partial charge in [-0.15, -0.1) is 0 Å². The third-order valence-electron chi connectivity index (χ3n) is 3.72. The molecule has 0 saturated carbocycles. The van der Waals surface area contributed by atoms with Gasteiger partial charge in [0.2, 0.25) is 0 Å². The molecule has 0 amide bonds. The van der Waals surface area contributed by atoms with Crippen molar-refractivity contribution in [2.45, 2.75) is 39.2 Å². The molecule has 0 atom stereocenters. The number of ether oxygens (including phenoxy) is 1. The molecule has 3 N–H and O–H groups in total. The van der Waals surface area contributed by atoms with Gasteiger partial charge in [0, 0.05) is 25.6 Å². The van der Waals surface area contributed by atoms with Gasteiger partial charge in [-0.25, -0.2) is 0 Å². The van der Waals surface area contributed by atoms with Crippen LogP contribution >= 0.6 is 0 Å². The molecule has 0 aromatic heterocycles. The first kappa shape index (κ1) is 14.3. The molecule has 0 aromatic rings. The molecule has 1 heterocycles. The van der Waals surface area contributed by atoms with Gasteiger partial charge in [0.25, 0.3) is 0 Å². The summed E-state index contributed by atoms with van der Waals surface area (Å²) in [5.74, 6) is 0.310. The van der Waals surface area contributed by atoms with Crippen LogP contribution in [0.3, 0.4) is 0 Å². The lowest BCUT2D eigenvalue weighted by Gasteiger charge is -2.33. The summed E-state index contributed by atoms with van der Waals surface area (Å²) >= 11 is 0. The van der Waals surface area contributed by atoms with Crippen LogP contribution in [0.15, 0.2) is 5.16 Å². The molecule has 1 saturated heterocycles. The van der Waals surface area contributed by atoms with Crippen molar-refractivity contribution in [2.24, 2.45) is 16.3 Å². The Balaban J connectivity index is 2.32. The average molecular weight is 243 g/mol. The van der Waals surface area contributed by atoms with Crippen LogP contribution in [0.4, 0.5) is 0 Å². The number of piperidine rings is 1. The van der Waals surface area contributed by atoms with E-state index in [2.05, 4.69) is 10.1 Å². The highest BCUT2D eigenvalue weighted by molar-refractivity contribution is 5.85. The van der Waals surface area contributed by atoms with Gasteiger partial charge in [0.05, 0.1) is 6.10 Å². The normalized spacial score (nSPS) is 20.8. The highest BCUT2D eigenvalue weighted by Crippen LogP contribution is 2.22. The first-order chi connectivity index (χ1) is 7.99. The molecular formula is C12H25N3O2. The second-order valence-electron chi connectivity index (χ2n) is 5.40.